The van der Waals surface area contributed by atoms with Crippen LogP contribution in [0.2, 0.25) is 0 Å². The van der Waals surface area contributed by atoms with Gasteiger partial charge in [0.1, 0.15) is 0 Å². The van der Waals surface area contributed by atoms with Crippen molar-refractivity contribution in [2.75, 3.05) is 31.5 Å². The lowest BCUT2D eigenvalue weighted by Gasteiger charge is -2.34. The molecule has 6 heteroatoms. The lowest BCUT2D eigenvalue weighted by molar-refractivity contribution is 0.0628. The number of hydrogen-bond donors (Lipinski definition) is 2. The quantitative estimate of drug-likeness (QED) is 0.896. The topological polar surface area (TPSA) is 78.7 Å². The standard InChI is InChI=1S/C19H22N4O2/c20-19(25)21-17-8-6-16(7-9-17)18(24)23-12-10-22(11-13-23)14-15-4-2-1-3-5-15/h1-9H,10-14H2,(H3,20,21,25). The lowest BCUT2D eigenvalue weighted by atomic mass is 10.1. The molecule has 0 radical (unpaired) electrons. The number of carbonyl (C=O) groups excluding carboxylic acids is 2. The summed E-state index contributed by atoms with van der Waals surface area (Å²) in [5.74, 6) is 0.0185. The van der Waals surface area contributed by atoms with Crippen molar-refractivity contribution < 1.29 is 9.59 Å². The Labute approximate surface area is 147 Å². The third-order valence-electron chi connectivity index (χ3n) is 4.31. The minimum atomic E-state index is -0.617. The maximum Gasteiger partial charge on any atom is 0.316 e. The monoisotopic (exact) mass is 338 g/mol. The van der Waals surface area contributed by atoms with Crippen molar-refractivity contribution in [2.24, 2.45) is 5.73 Å². The molecule has 3 N–H and O–H groups in total. The number of nitrogens with two attached hydrogens (primary N) is 1. The molecule has 0 saturated carbocycles. The first-order chi connectivity index (χ1) is 12.1. The van der Waals surface area contributed by atoms with Crippen molar-refractivity contribution in [3.05, 3.63) is 65.7 Å². The van der Waals surface area contributed by atoms with Gasteiger partial charge in [-0.15, -0.1) is 0 Å². The van der Waals surface area contributed by atoms with E-state index >= 15 is 0 Å². The fourth-order valence-electron chi connectivity index (χ4n) is 2.97. The van der Waals surface area contributed by atoms with Gasteiger partial charge in [-0.2, -0.15) is 0 Å². The summed E-state index contributed by atoms with van der Waals surface area (Å²) in [6.07, 6.45) is 0. The van der Waals surface area contributed by atoms with Gasteiger partial charge >= 0.3 is 6.03 Å². The molecule has 25 heavy (non-hydrogen) atoms. The van der Waals surface area contributed by atoms with Gasteiger partial charge in [-0.05, 0) is 29.8 Å². The number of anilines is 1. The molecule has 0 spiro atoms. The summed E-state index contributed by atoms with van der Waals surface area (Å²) in [4.78, 5) is 27.7. The fraction of sp³-hybridized carbons (Fsp3) is 0.263. The summed E-state index contributed by atoms with van der Waals surface area (Å²) >= 11 is 0. The first kappa shape index (κ1) is 17.0. The van der Waals surface area contributed by atoms with Gasteiger partial charge in [0.15, 0.2) is 0 Å². The fourth-order valence-corrected chi connectivity index (χ4v) is 2.97. The molecular formula is C19H22N4O2. The van der Waals surface area contributed by atoms with Gasteiger partial charge < -0.3 is 16.0 Å². The first-order valence-corrected chi connectivity index (χ1v) is 8.34. The van der Waals surface area contributed by atoms with Gasteiger partial charge in [0.05, 0.1) is 0 Å². The number of carbonyl (C=O) groups is 2. The van der Waals surface area contributed by atoms with Gasteiger partial charge in [0.25, 0.3) is 5.91 Å². The van der Waals surface area contributed by atoms with E-state index in [0.717, 1.165) is 19.6 Å². The van der Waals surface area contributed by atoms with Gasteiger partial charge in [-0.25, -0.2) is 4.79 Å². The molecule has 2 aromatic carbocycles. The van der Waals surface area contributed by atoms with Crippen LogP contribution in [0.4, 0.5) is 10.5 Å². The van der Waals surface area contributed by atoms with Crippen LogP contribution in [-0.2, 0) is 6.54 Å². The highest BCUT2D eigenvalue weighted by atomic mass is 16.2. The first-order valence-electron chi connectivity index (χ1n) is 8.34. The summed E-state index contributed by atoms with van der Waals surface area (Å²) in [6, 6.07) is 16.5. The Morgan fingerprint density at radius 1 is 0.920 bits per heavy atom. The molecule has 1 fully saturated rings. The minimum Gasteiger partial charge on any atom is -0.351 e. The normalized spacial score (nSPS) is 15.0. The Morgan fingerprint density at radius 2 is 1.56 bits per heavy atom. The van der Waals surface area contributed by atoms with E-state index in [0.29, 0.717) is 24.3 Å². The van der Waals surface area contributed by atoms with Crippen molar-refractivity contribution in [3.8, 4) is 0 Å². The average molecular weight is 338 g/mol. The highest BCUT2D eigenvalue weighted by molar-refractivity contribution is 5.95. The van der Waals surface area contributed by atoms with Crippen LogP contribution >= 0.6 is 0 Å². The van der Waals surface area contributed by atoms with Crippen LogP contribution in [0.1, 0.15) is 15.9 Å². The van der Waals surface area contributed by atoms with Crippen molar-refractivity contribution in [1.82, 2.24) is 9.80 Å². The Bertz CT molecular complexity index is 723. The Hall–Kier alpha value is -2.86. The Balaban J connectivity index is 1.53. The second-order valence-electron chi connectivity index (χ2n) is 6.12. The highest BCUT2D eigenvalue weighted by Gasteiger charge is 2.22. The maximum atomic E-state index is 12.6. The molecule has 0 aromatic heterocycles. The third kappa shape index (κ3) is 4.58. The van der Waals surface area contributed by atoms with Crippen molar-refractivity contribution in [1.29, 1.82) is 0 Å². The molecular weight excluding hydrogens is 316 g/mol. The molecule has 0 unspecified atom stereocenters. The molecule has 130 valence electrons. The van der Waals surface area contributed by atoms with E-state index < -0.39 is 6.03 Å². The van der Waals surface area contributed by atoms with Crippen LogP contribution in [0.25, 0.3) is 0 Å². The molecule has 3 rings (SSSR count). The van der Waals surface area contributed by atoms with Gasteiger partial charge in [0, 0.05) is 44.0 Å². The maximum absolute atomic E-state index is 12.6. The van der Waals surface area contributed by atoms with Crippen LogP contribution < -0.4 is 11.1 Å². The number of primary amides is 1. The molecule has 1 heterocycles. The number of rotatable bonds is 4. The zero-order valence-electron chi connectivity index (χ0n) is 14.0. The van der Waals surface area contributed by atoms with Gasteiger partial charge in [0.2, 0.25) is 0 Å². The molecule has 3 amide bonds. The van der Waals surface area contributed by atoms with E-state index in [1.54, 1.807) is 24.3 Å². The summed E-state index contributed by atoms with van der Waals surface area (Å²) in [7, 11) is 0. The zero-order valence-corrected chi connectivity index (χ0v) is 14.0. The smallest absolute Gasteiger partial charge is 0.316 e. The molecule has 1 saturated heterocycles. The van der Waals surface area contributed by atoms with Crippen molar-refractivity contribution >= 4 is 17.6 Å². The number of piperazine rings is 1. The third-order valence-corrected chi connectivity index (χ3v) is 4.31. The van der Waals surface area contributed by atoms with Gasteiger partial charge in [-0.1, -0.05) is 30.3 Å². The lowest BCUT2D eigenvalue weighted by Crippen LogP contribution is -2.48. The largest absolute Gasteiger partial charge is 0.351 e. The van der Waals surface area contributed by atoms with E-state index in [1.165, 1.54) is 5.56 Å². The number of hydrogen-bond acceptors (Lipinski definition) is 3. The Morgan fingerprint density at radius 3 is 2.16 bits per heavy atom. The predicted molar refractivity (Wildman–Crippen MR) is 97.3 cm³/mol. The summed E-state index contributed by atoms with van der Waals surface area (Å²) < 4.78 is 0. The summed E-state index contributed by atoms with van der Waals surface area (Å²) in [5, 5.41) is 2.49. The molecule has 2 aromatic rings. The van der Waals surface area contributed by atoms with Crippen molar-refractivity contribution in [2.45, 2.75) is 6.54 Å². The molecule has 1 aliphatic heterocycles. The van der Waals surface area contributed by atoms with E-state index in [4.69, 9.17) is 5.73 Å². The SMILES string of the molecule is NC(=O)Nc1ccc(C(=O)N2CCN(Cc3ccccc3)CC2)cc1. The molecule has 1 aliphatic rings. The van der Waals surface area contributed by atoms with Crippen LogP contribution in [0.15, 0.2) is 54.6 Å². The predicted octanol–water partition coefficient (Wildman–Crippen LogP) is 2.14. The molecule has 0 atom stereocenters. The van der Waals surface area contributed by atoms with Crippen molar-refractivity contribution in [3.63, 3.8) is 0 Å². The summed E-state index contributed by atoms with van der Waals surface area (Å²) in [5.41, 5.74) is 7.57. The van der Waals surface area contributed by atoms with Crippen LogP contribution in [0.3, 0.4) is 0 Å². The van der Waals surface area contributed by atoms with E-state index in [1.807, 2.05) is 23.1 Å². The van der Waals surface area contributed by atoms with E-state index in [9.17, 15) is 9.59 Å². The number of nitrogens with zero attached hydrogens (tertiary/aromatic N) is 2. The van der Waals surface area contributed by atoms with Crippen LogP contribution in [0.5, 0.6) is 0 Å². The van der Waals surface area contributed by atoms with Gasteiger partial charge in [-0.3, -0.25) is 9.69 Å². The summed E-state index contributed by atoms with van der Waals surface area (Å²) in [6.45, 7) is 4.07. The number of nitrogens with one attached hydrogen (secondary N) is 1. The highest BCUT2D eigenvalue weighted by Crippen LogP contribution is 2.14. The average Bonchev–Trinajstić information content (AvgIpc) is 2.63. The number of benzene rings is 2. The van der Waals surface area contributed by atoms with Crippen LogP contribution in [0, 0.1) is 0 Å². The van der Waals surface area contributed by atoms with E-state index in [-0.39, 0.29) is 5.91 Å². The zero-order chi connectivity index (χ0) is 17.6. The minimum absolute atomic E-state index is 0.0185. The molecule has 6 nitrogen and oxygen atoms in total. The molecule has 0 bridgehead atoms. The number of amides is 3. The molecule has 0 aliphatic carbocycles. The number of urea groups is 1. The Kier molecular flexibility index (Phi) is 5.30. The van der Waals surface area contributed by atoms with E-state index in [2.05, 4.69) is 22.3 Å². The second-order valence-corrected chi connectivity index (χ2v) is 6.12. The van der Waals surface area contributed by atoms with Crippen LogP contribution in [-0.4, -0.2) is 47.9 Å². The second kappa shape index (κ2) is 7.81.